The van der Waals surface area contributed by atoms with Crippen LogP contribution in [0.5, 0.6) is 0 Å². The largest absolute Gasteiger partial charge is 0.350 e. The number of fused-ring (bicyclic) bond motifs is 1. The van der Waals surface area contributed by atoms with Gasteiger partial charge in [0.1, 0.15) is 0 Å². The van der Waals surface area contributed by atoms with E-state index in [-0.39, 0.29) is 5.91 Å². The zero-order valence-electron chi connectivity index (χ0n) is 14.7. The Morgan fingerprint density at radius 2 is 2.24 bits per heavy atom. The first kappa shape index (κ1) is 18.3. The van der Waals surface area contributed by atoms with Crippen LogP contribution in [0.2, 0.25) is 0 Å². The van der Waals surface area contributed by atoms with Gasteiger partial charge in [0.05, 0.1) is 0 Å². The van der Waals surface area contributed by atoms with Crippen molar-refractivity contribution >= 4 is 28.0 Å². The van der Waals surface area contributed by atoms with E-state index in [1.165, 1.54) is 10.4 Å². The van der Waals surface area contributed by atoms with E-state index < -0.39 is 10.8 Å². The molecule has 1 aliphatic rings. The van der Waals surface area contributed by atoms with Crippen LogP contribution in [0.25, 0.3) is 0 Å². The Hall–Kier alpha value is -1.50. The molecule has 0 aliphatic carbocycles. The molecule has 1 aromatic heterocycles. The minimum absolute atomic E-state index is 0.0659. The van der Waals surface area contributed by atoms with E-state index in [2.05, 4.69) is 28.6 Å². The van der Waals surface area contributed by atoms with Crippen LogP contribution in [-0.2, 0) is 29.5 Å². The third kappa shape index (κ3) is 4.77. The monoisotopic (exact) mass is 376 g/mol. The Labute approximate surface area is 155 Å². The first-order chi connectivity index (χ1) is 12.0. The van der Waals surface area contributed by atoms with E-state index >= 15 is 0 Å². The minimum atomic E-state index is -0.905. The Morgan fingerprint density at radius 1 is 1.40 bits per heavy atom. The molecule has 1 aromatic carbocycles. The predicted octanol–water partition coefficient (Wildman–Crippen LogP) is 2.80. The van der Waals surface area contributed by atoms with Gasteiger partial charge >= 0.3 is 0 Å². The van der Waals surface area contributed by atoms with E-state index in [0.717, 1.165) is 25.1 Å². The molecule has 134 valence electrons. The van der Waals surface area contributed by atoms with Crippen LogP contribution in [0, 0.1) is 0 Å². The maximum atomic E-state index is 12.4. The number of carbonyl (C=O) groups is 1. The molecule has 2 atom stereocenters. The molecule has 2 aromatic rings. The number of thiophene rings is 1. The van der Waals surface area contributed by atoms with Gasteiger partial charge in [-0.2, -0.15) is 0 Å². The third-order valence-corrected chi connectivity index (χ3v) is 6.34. The van der Waals surface area contributed by atoms with Crippen LogP contribution < -0.4 is 5.32 Å². The Morgan fingerprint density at radius 3 is 3.04 bits per heavy atom. The SMILES string of the molecule is CC(CNC(=O)c1cccc(CS(C)=O)c1)N1CCc2sccc2C1. The van der Waals surface area contributed by atoms with Gasteiger partial charge in [0.15, 0.2) is 0 Å². The molecule has 3 rings (SSSR count). The van der Waals surface area contributed by atoms with Crippen molar-refractivity contribution in [2.75, 3.05) is 19.3 Å². The molecule has 0 saturated carbocycles. The lowest BCUT2D eigenvalue weighted by molar-refractivity contribution is 0.0932. The second kappa shape index (κ2) is 8.25. The molecular formula is C19H24N2O2S2. The summed E-state index contributed by atoms with van der Waals surface area (Å²) < 4.78 is 11.4. The summed E-state index contributed by atoms with van der Waals surface area (Å²) in [6.07, 6.45) is 2.77. The molecule has 0 bridgehead atoms. The molecule has 6 heteroatoms. The predicted molar refractivity (Wildman–Crippen MR) is 104 cm³/mol. The first-order valence-electron chi connectivity index (χ1n) is 8.49. The quantitative estimate of drug-likeness (QED) is 0.843. The number of rotatable bonds is 6. The van der Waals surface area contributed by atoms with E-state index in [1.807, 2.05) is 29.5 Å². The lowest BCUT2D eigenvalue weighted by atomic mass is 10.1. The van der Waals surface area contributed by atoms with Crippen LogP contribution in [0.3, 0.4) is 0 Å². The molecule has 25 heavy (non-hydrogen) atoms. The molecule has 4 nitrogen and oxygen atoms in total. The number of nitrogens with zero attached hydrogens (tertiary/aromatic N) is 1. The molecule has 1 amide bonds. The van der Waals surface area contributed by atoms with Gasteiger partial charge in [-0.05, 0) is 48.1 Å². The summed E-state index contributed by atoms with van der Waals surface area (Å²) in [6.45, 7) is 4.80. The number of hydrogen-bond donors (Lipinski definition) is 1. The van der Waals surface area contributed by atoms with E-state index in [1.54, 1.807) is 12.3 Å². The van der Waals surface area contributed by atoms with Crippen molar-refractivity contribution in [2.45, 2.75) is 31.7 Å². The van der Waals surface area contributed by atoms with Gasteiger partial charge in [0.25, 0.3) is 5.91 Å². The summed E-state index contributed by atoms with van der Waals surface area (Å²) >= 11 is 1.84. The average molecular weight is 377 g/mol. The van der Waals surface area contributed by atoms with Crippen molar-refractivity contribution < 1.29 is 9.00 Å². The lowest BCUT2D eigenvalue weighted by Crippen LogP contribution is -2.44. The Kier molecular flexibility index (Phi) is 6.04. The van der Waals surface area contributed by atoms with Gasteiger partial charge in [-0.15, -0.1) is 11.3 Å². The van der Waals surface area contributed by atoms with E-state index in [4.69, 9.17) is 0 Å². The third-order valence-electron chi connectivity index (χ3n) is 4.58. The van der Waals surface area contributed by atoms with Crippen LogP contribution in [0.4, 0.5) is 0 Å². The maximum Gasteiger partial charge on any atom is 0.251 e. The second-order valence-electron chi connectivity index (χ2n) is 6.57. The second-order valence-corrected chi connectivity index (χ2v) is 9.00. The Bertz CT molecular complexity index is 772. The van der Waals surface area contributed by atoms with Crippen molar-refractivity contribution in [3.8, 4) is 0 Å². The van der Waals surface area contributed by atoms with Crippen molar-refractivity contribution in [3.63, 3.8) is 0 Å². The molecule has 0 spiro atoms. The average Bonchev–Trinajstić information content (AvgIpc) is 3.06. The smallest absolute Gasteiger partial charge is 0.251 e. The van der Waals surface area contributed by atoms with Crippen LogP contribution >= 0.6 is 11.3 Å². The van der Waals surface area contributed by atoms with Gasteiger partial charge in [-0.25, -0.2) is 0 Å². The minimum Gasteiger partial charge on any atom is -0.350 e. The van der Waals surface area contributed by atoms with Crippen molar-refractivity contribution in [1.82, 2.24) is 10.2 Å². The van der Waals surface area contributed by atoms with Gasteiger partial charge in [-0.1, -0.05) is 12.1 Å². The highest BCUT2D eigenvalue weighted by Gasteiger charge is 2.21. The topological polar surface area (TPSA) is 49.4 Å². The summed E-state index contributed by atoms with van der Waals surface area (Å²) in [4.78, 5) is 16.3. The van der Waals surface area contributed by atoms with Gasteiger partial charge in [0.2, 0.25) is 0 Å². The fourth-order valence-electron chi connectivity index (χ4n) is 3.16. The number of hydrogen-bond acceptors (Lipinski definition) is 4. The van der Waals surface area contributed by atoms with Crippen LogP contribution in [-0.4, -0.2) is 40.4 Å². The number of amides is 1. The first-order valence-corrected chi connectivity index (χ1v) is 11.1. The summed E-state index contributed by atoms with van der Waals surface area (Å²) in [5.74, 6) is 0.415. The molecule has 0 saturated heterocycles. The zero-order valence-corrected chi connectivity index (χ0v) is 16.3. The molecule has 0 fully saturated rings. The molecule has 2 unspecified atom stereocenters. The maximum absolute atomic E-state index is 12.4. The number of nitrogens with one attached hydrogen (secondary N) is 1. The number of carbonyl (C=O) groups excluding carboxylic acids is 1. The van der Waals surface area contributed by atoms with E-state index in [9.17, 15) is 9.00 Å². The van der Waals surface area contributed by atoms with E-state index in [0.29, 0.717) is 23.9 Å². The van der Waals surface area contributed by atoms with Gasteiger partial charge in [-0.3, -0.25) is 13.9 Å². The molecular weight excluding hydrogens is 352 g/mol. The summed E-state index contributed by atoms with van der Waals surface area (Å²) in [5, 5.41) is 5.20. The Balaban J connectivity index is 1.54. The van der Waals surface area contributed by atoms with Gasteiger partial charge < -0.3 is 5.32 Å². The summed E-state index contributed by atoms with van der Waals surface area (Å²) in [6, 6.07) is 9.90. The highest BCUT2D eigenvalue weighted by atomic mass is 32.2. The normalized spacial score (nSPS) is 16.9. The van der Waals surface area contributed by atoms with Crippen molar-refractivity contribution in [1.29, 1.82) is 0 Å². The lowest BCUT2D eigenvalue weighted by Gasteiger charge is -2.32. The molecule has 1 N–H and O–H groups in total. The van der Waals surface area contributed by atoms with Crippen molar-refractivity contribution in [3.05, 3.63) is 57.3 Å². The fraction of sp³-hybridized carbons (Fsp3) is 0.421. The summed E-state index contributed by atoms with van der Waals surface area (Å²) in [5.41, 5.74) is 2.99. The molecule has 2 heterocycles. The number of benzene rings is 1. The highest BCUT2D eigenvalue weighted by molar-refractivity contribution is 7.83. The summed E-state index contributed by atoms with van der Waals surface area (Å²) in [7, 11) is -0.905. The molecule has 1 aliphatic heterocycles. The fourth-order valence-corrected chi connectivity index (χ4v) is 4.69. The van der Waals surface area contributed by atoms with Crippen molar-refractivity contribution in [2.24, 2.45) is 0 Å². The highest BCUT2D eigenvalue weighted by Crippen LogP contribution is 2.25. The van der Waals surface area contributed by atoms with Crippen LogP contribution in [0.1, 0.15) is 33.3 Å². The van der Waals surface area contributed by atoms with Crippen LogP contribution in [0.15, 0.2) is 35.7 Å². The standard InChI is InChI=1S/C19H24N2O2S2/c1-14(21-8-6-18-17(12-21)7-9-24-18)11-20-19(22)16-5-3-4-15(10-16)13-25(2)23/h3-5,7,9-10,14H,6,8,11-13H2,1-2H3,(H,20,22). The molecule has 0 radical (unpaired) electrons. The van der Waals surface area contributed by atoms with Gasteiger partial charge in [0, 0.05) is 58.9 Å². The zero-order chi connectivity index (χ0) is 17.8.